The van der Waals surface area contributed by atoms with Crippen LogP contribution in [-0.4, -0.2) is 36.0 Å². The van der Waals surface area contributed by atoms with Gasteiger partial charge in [-0.3, -0.25) is 4.79 Å². The Kier molecular flexibility index (Phi) is 5.83. The van der Waals surface area contributed by atoms with Crippen molar-refractivity contribution in [3.05, 3.63) is 82.0 Å². The van der Waals surface area contributed by atoms with Crippen molar-refractivity contribution >= 4 is 23.0 Å². The van der Waals surface area contributed by atoms with Gasteiger partial charge in [0.1, 0.15) is 0 Å². The van der Waals surface area contributed by atoms with Crippen molar-refractivity contribution in [2.24, 2.45) is 5.10 Å². The molecule has 0 saturated heterocycles. The van der Waals surface area contributed by atoms with Crippen LogP contribution in [0.2, 0.25) is 0 Å². The summed E-state index contributed by atoms with van der Waals surface area (Å²) in [6.45, 7) is 0. The van der Waals surface area contributed by atoms with Crippen LogP contribution in [0.1, 0.15) is 34.6 Å². The molecule has 6 nitrogen and oxygen atoms in total. The highest BCUT2D eigenvalue weighted by molar-refractivity contribution is 7.12. The van der Waals surface area contributed by atoms with Crippen LogP contribution in [-0.2, 0) is 9.53 Å². The molecule has 4 rings (SSSR count). The average molecular weight is 423 g/mol. The molecule has 3 aromatic rings. The fraction of sp³-hybridized carbons (Fsp3) is 0.217. The monoisotopic (exact) mass is 422 g/mol. The minimum Gasteiger partial charge on any atom is -0.504 e. The summed E-state index contributed by atoms with van der Waals surface area (Å²) in [6, 6.07) is 18.1. The maximum absolute atomic E-state index is 13.5. The van der Waals surface area contributed by atoms with E-state index < -0.39 is 12.1 Å². The van der Waals surface area contributed by atoms with Gasteiger partial charge in [0.2, 0.25) is 0 Å². The molecule has 7 heteroatoms. The number of benzene rings is 2. The molecule has 2 atom stereocenters. The molecule has 1 aromatic heterocycles. The van der Waals surface area contributed by atoms with Crippen LogP contribution in [0.25, 0.3) is 0 Å². The number of para-hydroxylation sites is 1. The highest BCUT2D eigenvalue weighted by Gasteiger charge is 2.38. The van der Waals surface area contributed by atoms with Crippen LogP contribution in [0.15, 0.2) is 71.1 Å². The maximum Gasteiger partial charge on any atom is 0.276 e. The second-order valence-corrected chi connectivity index (χ2v) is 7.80. The highest BCUT2D eigenvalue weighted by atomic mass is 32.1. The minimum atomic E-state index is -0.798. The molecule has 0 fully saturated rings. The molecule has 0 unspecified atom stereocenters. The van der Waals surface area contributed by atoms with E-state index >= 15 is 0 Å². The quantitative estimate of drug-likeness (QED) is 0.634. The number of rotatable bonds is 6. The Labute approximate surface area is 179 Å². The Bertz CT molecular complexity index is 1050. The zero-order valence-electron chi connectivity index (χ0n) is 16.7. The number of hydrogen-bond donors (Lipinski definition) is 1. The molecule has 1 N–H and O–H groups in total. The fourth-order valence-corrected chi connectivity index (χ4v) is 4.37. The summed E-state index contributed by atoms with van der Waals surface area (Å²) in [7, 11) is 3.01. The molecule has 0 bridgehead atoms. The first-order valence-electron chi connectivity index (χ1n) is 9.52. The molecule has 0 saturated carbocycles. The lowest BCUT2D eigenvalue weighted by Crippen LogP contribution is -2.32. The number of aromatic hydroxyl groups is 1. The summed E-state index contributed by atoms with van der Waals surface area (Å²) in [5.74, 6) is 0.0809. The van der Waals surface area contributed by atoms with E-state index in [2.05, 4.69) is 5.10 Å². The molecule has 1 amide bonds. The van der Waals surface area contributed by atoms with Gasteiger partial charge in [0, 0.05) is 19.1 Å². The minimum absolute atomic E-state index is 0.0131. The average Bonchev–Trinajstić information content (AvgIpc) is 3.45. The third-order valence-corrected chi connectivity index (χ3v) is 6.03. The second-order valence-electron chi connectivity index (χ2n) is 6.85. The molecule has 2 heterocycles. The predicted octanol–water partition coefficient (Wildman–Crippen LogP) is 4.53. The van der Waals surface area contributed by atoms with E-state index in [1.54, 1.807) is 29.5 Å². The van der Waals surface area contributed by atoms with E-state index in [1.165, 1.54) is 19.2 Å². The normalized spacial score (nSPS) is 16.9. The molecule has 0 radical (unpaired) electrons. The van der Waals surface area contributed by atoms with Crippen LogP contribution in [0.5, 0.6) is 11.5 Å². The van der Waals surface area contributed by atoms with Gasteiger partial charge in [-0.1, -0.05) is 48.5 Å². The van der Waals surface area contributed by atoms with Gasteiger partial charge in [0.15, 0.2) is 17.6 Å². The number of hydrazone groups is 1. The van der Waals surface area contributed by atoms with Gasteiger partial charge in [-0.2, -0.15) is 5.10 Å². The number of ether oxygens (including phenoxy) is 2. The SMILES string of the molecule is COc1cccc([C@@H]2CC(c3cccs3)=NN2C(=O)[C@H](OC)c2ccccc2)c1O. The number of carbonyl (C=O) groups is 1. The van der Waals surface area contributed by atoms with E-state index in [9.17, 15) is 9.90 Å². The number of nitrogens with zero attached hydrogens (tertiary/aromatic N) is 2. The zero-order valence-corrected chi connectivity index (χ0v) is 17.5. The topological polar surface area (TPSA) is 71.4 Å². The number of hydrogen-bond acceptors (Lipinski definition) is 6. The number of phenolic OH excluding ortho intramolecular Hbond substituents is 1. The van der Waals surface area contributed by atoms with Gasteiger partial charge < -0.3 is 14.6 Å². The first-order valence-corrected chi connectivity index (χ1v) is 10.4. The Balaban J connectivity index is 1.75. The highest BCUT2D eigenvalue weighted by Crippen LogP contribution is 2.42. The number of phenols is 1. The van der Waals surface area contributed by atoms with Crippen molar-refractivity contribution in [2.45, 2.75) is 18.6 Å². The number of amides is 1. The molecule has 154 valence electrons. The van der Waals surface area contributed by atoms with E-state index in [4.69, 9.17) is 9.47 Å². The summed E-state index contributed by atoms with van der Waals surface area (Å²) >= 11 is 1.57. The van der Waals surface area contributed by atoms with Crippen molar-refractivity contribution < 1.29 is 19.4 Å². The zero-order chi connectivity index (χ0) is 21.1. The fourth-order valence-electron chi connectivity index (χ4n) is 3.65. The number of thiophene rings is 1. The van der Waals surface area contributed by atoms with Gasteiger partial charge in [0.05, 0.1) is 23.7 Å². The summed E-state index contributed by atoms with van der Waals surface area (Å²) < 4.78 is 10.8. The van der Waals surface area contributed by atoms with Gasteiger partial charge in [-0.15, -0.1) is 11.3 Å². The van der Waals surface area contributed by atoms with Gasteiger partial charge in [-0.25, -0.2) is 5.01 Å². The third-order valence-electron chi connectivity index (χ3n) is 5.11. The molecule has 1 aliphatic rings. The number of methoxy groups -OCH3 is 2. The Morgan fingerprint density at radius 1 is 1.13 bits per heavy atom. The lowest BCUT2D eigenvalue weighted by molar-refractivity contribution is -0.144. The Morgan fingerprint density at radius 2 is 1.93 bits per heavy atom. The summed E-state index contributed by atoms with van der Waals surface area (Å²) in [5, 5.41) is 18.8. The van der Waals surface area contributed by atoms with E-state index in [0.717, 1.165) is 16.2 Å². The smallest absolute Gasteiger partial charge is 0.276 e. The lowest BCUT2D eigenvalue weighted by atomic mass is 9.99. The number of carbonyl (C=O) groups excluding carboxylic acids is 1. The Morgan fingerprint density at radius 3 is 2.60 bits per heavy atom. The van der Waals surface area contributed by atoms with Crippen molar-refractivity contribution in [2.75, 3.05) is 14.2 Å². The third kappa shape index (κ3) is 3.69. The van der Waals surface area contributed by atoms with Crippen LogP contribution in [0, 0.1) is 0 Å². The predicted molar refractivity (Wildman–Crippen MR) is 116 cm³/mol. The van der Waals surface area contributed by atoms with E-state index in [0.29, 0.717) is 17.7 Å². The van der Waals surface area contributed by atoms with Gasteiger partial charge in [-0.05, 0) is 23.1 Å². The largest absolute Gasteiger partial charge is 0.504 e. The first kappa shape index (κ1) is 20.1. The van der Waals surface area contributed by atoms with E-state index in [-0.39, 0.29) is 11.7 Å². The van der Waals surface area contributed by atoms with Crippen LogP contribution >= 0.6 is 11.3 Å². The molecular formula is C23H22N2O4S. The van der Waals surface area contributed by atoms with Crippen molar-refractivity contribution in [3.63, 3.8) is 0 Å². The molecule has 2 aromatic carbocycles. The molecular weight excluding hydrogens is 400 g/mol. The lowest BCUT2D eigenvalue weighted by Gasteiger charge is -2.26. The Hall–Kier alpha value is -3.16. The maximum atomic E-state index is 13.5. The van der Waals surface area contributed by atoms with Crippen molar-refractivity contribution in [1.82, 2.24) is 5.01 Å². The van der Waals surface area contributed by atoms with Crippen molar-refractivity contribution in [3.8, 4) is 11.5 Å². The van der Waals surface area contributed by atoms with Crippen LogP contribution in [0.3, 0.4) is 0 Å². The van der Waals surface area contributed by atoms with Crippen LogP contribution in [0.4, 0.5) is 0 Å². The van der Waals surface area contributed by atoms with Crippen molar-refractivity contribution in [1.29, 1.82) is 0 Å². The van der Waals surface area contributed by atoms with Crippen LogP contribution < -0.4 is 4.74 Å². The molecule has 0 aliphatic carbocycles. The van der Waals surface area contributed by atoms with Gasteiger partial charge in [0.25, 0.3) is 5.91 Å². The first-order chi connectivity index (χ1) is 14.6. The second kappa shape index (κ2) is 8.69. The summed E-state index contributed by atoms with van der Waals surface area (Å²) in [4.78, 5) is 14.5. The molecule has 0 spiro atoms. The molecule has 30 heavy (non-hydrogen) atoms. The van der Waals surface area contributed by atoms with Gasteiger partial charge >= 0.3 is 0 Å². The molecule has 1 aliphatic heterocycles. The van der Waals surface area contributed by atoms with E-state index in [1.807, 2.05) is 47.8 Å². The standard InChI is InChI=1S/C23H22N2O4S/c1-28-19-11-6-10-16(21(19)26)18-14-17(20-12-7-13-30-20)24-25(18)23(27)22(29-2)15-8-4-3-5-9-15/h3-13,18,22,26H,14H2,1-2H3/t18-,22+/m0/s1. The summed E-state index contributed by atoms with van der Waals surface area (Å²) in [5.41, 5.74) is 2.13. The summed E-state index contributed by atoms with van der Waals surface area (Å²) in [6.07, 6.45) is -0.314.